The summed E-state index contributed by atoms with van der Waals surface area (Å²) in [5.41, 5.74) is 0. The zero-order valence-electron chi connectivity index (χ0n) is 11.2. The summed E-state index contributed by atoms with van der Waals surface area (Å²) >= 11 is 0. The van der Waals surface area contributed by atoms with Crippen molar-refractivity contribution in [1.29, 1.82) is 0 Å². The third kappa shape index (κ3) is 3.23. The van der Waals surface area contributed by atoms with Gasteiger partial charge in [0.2, 0.25) is 0 Å². The van der Waals surface area contributed by atoms with E-state index in [0.717, 1.165) is 32.0 Å². The lowest BCUT2D eigenvalue weighted by atomic mass is 10.1. The Hall–Kier alpha value is -1.54. The van der Waals surface area contributed by atoms with Crippen LogP contribution in [-0.4, -0.2) is 31.1 Å². The van der Waals surface area contributed by atoms with E-state index in [1.807, 2.05) is 6.07 Å². The number of benzene rings is 2. The lowest BCUT2D eigenvalue weighted by molar-refractivity contribution is 0.223. The Morgan fingerprint density at radius 2 is 1.67 bits per heavy atom. The first kappa shape index (κ1) is 12.9. The third-order valence-corrected chi connectivity index (χ3v) is 3.29. The minimum absolute atomic E-state index is 0.750. The Kier molecular flexibility index (Phi) is 4.59. The van der Waals surface area contributed by atoms with Crippen molar-refractivity contribution in [2.24, 2.45) is 0 Å². The molecule has 0 bridgehead atoms. The van der Waals surface area contributed by atoms with Crippen molar-refractivity contribution in [2.75, 3.05) is 26.2 Å². The molecule has 0 saturated carbocycles. The molecule has 0 heterocycles. The minimum Gasteiger partial charge on any atom is -0.492 e. The van der Waals surface area contributed by atoms with Gasteiger partial charge in [-0.15, -0.1) is 0 Å². The van der Waals surface area contributed by atoms with Gasteiger partial charge in [-0.1, -0.05) is 44.2 Å². The largest absolute Gasteiger partial charge is 0.492 e. The summed E-state index contributed by atoms with van der Waals surface area (Å²) in [5.74, 6) is 0.959. The molecule has 96 valence electrons. The fraction of sp³-hybridized carbons (Fsp3) is 0.375. The maximum atomic E-state index is 5.81. The van der Waals surface area contributed by atoms with Gasteiger partial charge in [-0.3, -0.25) is 0 Å². The van der Waals surface area contributed by atoms with Crippen molar-refractivity contribution in [3.8, 4) is 5.75 Å². The van der Waals surface area contributed by atoms with Gasteiger partial charge in [-0.25, -0.2) is 0 Å². The maximum absolute atomic E-state index is 5.81. The van der Waals surface area contributed by atoms with E-state index in [4.69, 9.17) is 4.74 Å². The Balaban J connectivity index is 1.95. The highest BCUT2D eigenvalue weighted by molar-refractivity contribution is 5.83. The van der Waals surface area contributed by atoms with Crippen LogP contribution in [0.15, 0.2) is 42.5 Å². The zero-order chi connectivity index (χ0) is 12.8. The van der Waals surface area contributed by atoms with Crippen LogP contribution in [0.1, 0.15) is 13.8 Å². The maximum Gasteiger partial charge on any atom is 0.120 e. The van der Waals surface area contributed by atoms with Crippen molar-refractivity contribution < 1.29 is 4.74 Å². The van der Waals surface area contributed by atoms with Crippen LogP contribution in [0.2, 0.25) is 0 Å². The van der Waals surface area contributed by atoms with Crippen LogP contribution in [0.3, 0.4) is 0 Å². The van der Waals surface area contributed by atoms with Crippen LogP contribution in [0.5, 0.6) is 5.75 Å². The van der Waals surface area contributed by atoms with E-state index in [9.17, 15) is 0 Å². The second-order valence-corrected chi connectivity index (χ2v) is 4.38. The Morgan fingerprint density at radius 3 is 2.39 bits per heavy atom. The molecule has 0 aromatic heterocycles. The van der Waals surface area contributed by atoms with E-state index >= 15 is 0 Å². The monoisotopic (exact) mass is 243 g/mol. The van der Waals surface area contributed by atoms with Gasteiger partial charge in [0.1, 0.15) is 12.4 Å². The number of hydrogen-bond donors (Lipinski definition) is 0. The van der Waals surface area contributed by atoms with Crippen LogP contribution in [0, 0.1) is 0 Å². The first-order chi connectivity index (χ1) is 8.83. The van der Waals surface area contributed by atoms with E-state index in [2.05, 4.69) is 55.1 Å². The van der Waals surface area contributed by atoms with E-state index < -0.39 is 0 Å². The highest BCUT2D eigenvalue weighted by Crippen LogP contribution is 2.20. The van der Waals surface area contributed by atoms with Gasteiger partial charge < -0.3 is 9.64 Å². The molecular weight excluding hydrogens is 222 g/mol. The third-order valence-electron chi connectivity index (χ3n) is 3.29. The summed E-state index contributed by atoms with van der Waals surface area (Å²) in [7, 11) is 0. The molecule has 2 nitrogen and oxygen atoms in total. The molecule has 0 saturated heterocycles. The molecule has 0 N–H and O–H groups in total. The number of nitrogens with zero attached hydrogens (tertiary/aromatic N) is 1. The fourth-order valence-corrected chi connectivity index (χ4v) is 2.09. The number of likely N-dealkylation sites (N-methyl/N-ethyl adjacent to an activating group) is 1. The second kappa shape index (κ2) is 6.41. The van der Waals surface area contributed by atoms with Crippen LogP contribution >= 0.6 is 0 Å². The number of rotatable bonds is 6. The molecule has 2 aromatic carbocycles. The summed E-state index contributed by atoms with van der Waals surface area (Å²) in [6.07, 6.45) is 0. The van der Waals surface area contributed by atoms with Gasteiger partial charge in [0.05, 0.1) is 0 Å². The molecule has 0 unspecified atom stereocenters. The predicted octanol–water partition coefficient (Wildman–Crippen LogP) is 3.56. The van der Waals surface area contributed by atoms with Gasteiger partial charge in [0.15, 0.2) is 0 Å². The molecule has 0 radical (unpaired) electrons. The zero-order valence-corrected chi connectivity index (χ0v) is 11.2. The van der Waals surface area contributed by atoms with Gasteiger partial charge in [-0.05, 0) is 36.0 Å². The smallest absolute Gasteiger partial charge is 0.120 e. The van der Waals surface area contributed by atoms with Crippen molar-refractivity contribution >= 4 is 10.8 Å². The molecule has 2 rings (SSSR count). The summed E-state index contributed by atoms with van der Waals surface area (Å²) in [4.78, 5) is 2.36. The molecule has 2 heteroatoms. The van der Waals surface area contributed by atoms with Crippen LogP contribution in [0.25, 0.3) is 10.8 Å². The quantitative estimate of drug-likeness (QED) is 0.769. The molecular formula is C16H21NO. The number of fused-ring (bicyclic) bond motifs is 1. The lowest BCUT2D eigenvalue weighted by Gasteiger charge is -2.18. The topological polar surface area (TPSA) is 12.5 Å². The van der Waals surface area contributed by atoms with Crippen LogP contribution in [-0.2, 0) is 0 Å². The highest BCUT2D eigenvalue weighted by atomic mass is 16.5. The molecule has 18 heavy (non-hydrogen) atoms. The molecule has 0 aliphatic rings. The molecule has 0 fully saturated rings. The summed E-state index contributed by atoms with van der Waals surface area (Å²) < 4.78 is 5.81. The summed E-state index contributed by atoms with van der Waals surface area (Å²) in [6, 6.07) is 14.6. The number of hydrogen-bond acceptors (Lipinski definition) is 2. The van der Waals surface area contributed by atoms with Crippen molar-refractivity contribution in [2.45, 2.75) is 13.8 Å². The van der Waals surface area contributed by atoms with Crippen LogP contribution < -0.4 is 4.74 Å². The molecule has 0 spiro atoms. The van der Waals surface area contributed by atoms with Gasteiger partial charge in [0.25, 0.3) is 0 Å². The lowest BCUT2D eigenvalue weighted by Crippen LogP contribution is -2.27. The second-order valence-electron chi connectivity index (χ2n) is 4.38. The van der Waals surface area contributed by atoms with Crippen molar-refractivity contribution in [3.63, 3.8) is 0 Å². The van der Waals surface area contributed by atoms with Crippen molar-refractivity contribution in [1.82, 2.24) is 4.90 Å². The minimum atomic E-state index is 0.750. The molecule has 0 aliphatic carbocycles. The fourth-order valence-electron chi connectivity index (χ4n) is 2.09. The molecule has 2 aromatic rings. The molecule has 0 atom stereocenters. The normalized spacial score (nSPS) is 11.1. The molecule has 0 amide bonds. The number of ether oxygens (including phenoxy) is 1. The van der Waals surface area contributed by atoms with E-state index in [1.165, 1.54) is 10.8 Å². The average molecular weight is 243 g/mol. The Bertz CT molecular complexity index is 491. The van der Waals surface area contributed by atoms with E-state index in [-0.39, 0.29) is 0 Å². The predicted molar refractivity (Wildman–Crippen MR) is 77.2 cm³/mol. The van der Waals surface area contributed by atoms with Gasteiger partial charge in [-0.2, -0.15) is 0 Å². The summed E-state index contributed by atoms with van der Waals surface area (Å²) in [5, 5.41) is 2.49. The SMILES string of the molecule is CCN(CC)CCOc1ccc2ccccc2c1. The molecule has 0 aliphatic heterocycles. The highest BCUT2D eigenvalue weighted by Gasteiger charge is 2.00. The Morgan fingerprint density at radius 1 is 0.944 bits per heavy atom. The van der Waals surface area contributed by atoms with Gasteiger partial charge >= 0.3 is 0 Å². The average Bonchev–Trinajstić information content (AvgIpc) is 2.43. The van der Waals surface area contributed by atoms with E-state index in [0.29, 0.717) is 0 Å². The van der Waals surface area contributed by atoms with Crippen LogP contribution in [0.4, 0.5) is 0 Å². The first-order valence-corrected chi connectivity index (χ1v) is 6.67. The standard InChI is InChI=1S/C16H21NO/c1-3-17(4-2)11-12-18-16-10-9-14-7-5-6-8-15(14)13-16/h5-10,13H,3-4,11-12H2,1-2H3. The van der Waals surface area contributed by atoms with Crippen molar-refractivity contribution in [3.05, 3.63) is 42.5 Å². The van der Waals surface area contributed by atoms with E-state index in [1.54, 1.807) is 0 Å². The first-order valence-electron chi connectivity index (χ1n) is 6.67. The Labute approximate surface area is 109 Å². The van der Waals surface area contributed by atoms with Gasteiger partial charge in [0, 0.05) is 6.54 Å². The summed E-state index contributed by atoms with van der Waals surface area (Å²) in [6.45, 7) is 8.26.